The van der Waals surface area contributed by atoms with E-state index >= 15 is 0 Å². The first-order valence-electron chi connectivity index (χ1n) is 12.9. The Kier molecular flexibility index (Phi) is 10.4. The Morgan fingerprint density at radius 3 is 2.25 bits per heavy atom. The van der Waals surface area contributed by atoms with Crippen LogP contribution >= 0.6 is 45.8 Å². The normalized spacial score (nSPS) is 14.5. The Balaban J connectivity index is 1.68. The van der Waals surface area contributed by atoms with Crippen LogP contribution in [0.5, 0.6) is 0 Å². The van der Waals surface area contributed by atoms with Crippen molar-refractivity contribution >= 4 is 73.3 Å². The number of nitrogens with one attached hydrogen (secondary N) is 1. The molecule has 3 aromatic rings. The summed E-state index contributed by atoms with van der Waals surface area (Å²) in [5, 5.41) is 3.75. The molecule has 0 aliphatic heterocycles. The molecule has 1 aliphatic carbocycles. The summed E-state index contributed by atoms with van der Waals surface area (Å²) in [5.74, 6) is -0.815. The molecule has 11 heteroatoms. The third kappa shape index (κ3) is 7.48. The van der Waals surface area contributed by atoms with Gasteiger partial charge in [0.25, 0.3) is 10.0 Å². The number of anilines is 1. The molecule has 0 bridgehead atoms. The smallest absolute Gasteiger partial charge is 0.264 e. The highest BCUT2D eigenvalue weighted by Gasteiger charge is 2.33. The van der Waals surface area contributed by atoms with Crippen LogP contribution < -0.4 is 9.62 Å². The Labute approximate surface area is 259 Å². The van der Waals surface area contributed by atoms with E-state index in [9.17, 15) is 18.0 Å². The van der Waals surface area contributed by atoms with Crippen molar-refractivity contribution in [3.05, 3.63) is 92.0 Å². The molecule has 1 aliphatic rings. The second kappa shape index (κ2) is 13.5. The van der Waals surface area contributed by atoms with Gasteiger partial charge in [0, 0.05) is 16.2 Å². The fraction of sp³-hybridized carbons (Fsp3) is 0.310. The van der Waals surface area contributed by atoms with Crippen molar-refractivity contribution in [2.24, 2.45) is 0 Å². The first kappa shape index (κ1) is 30.6. The van der Waals surface area contributed by atoms with Crippen molar-refractivity contribution in [2.45, 2.75) is 56.1 Å². The molecule has 1 saturated carbocycles. The van der Waals surface area contributed by atoms with Gasteiger partial charge >= 0.3 is 0 Å². The molecule has 7 nitrogen and oxygen atoms in total. The second-order valence-electron chi connectivity index (χ2n) is 9.74. The monoisotopic (exact) mass is 713 g/mol. The van der Waals surface area contributed by atoms with E-state index in [-0.39, 0.29) is 23.4 Å². The van der Waals surface area contributed by atoms with Crippen molar-refractivity contribution in [2.75, 3.05) is 10.8 Å². The summed E-state index contributed by atoms with van der Waals surface area (Å²) in [6, 6.07) is 19.1. The molecule has 0 heterocycles. The maximum atomic E-state index is 14.0. The fourth-order valence-corrected chi connectivity index (χ4v) is 6.78. The molecule has 212 valence electrons. The lowest BCUT2D eigenvalue weighted by atomic mass is 10.1. The Bertz CT molecular complexity index is 1450. The largest absolute Gasteiger partial charge is 0.352 e. The quantitative estimate of drug-likeness (QED) is 0.251. The van der Waals surface area contributed by atoms with Crippen molar-refractivity contribution < 1.29 is 18.0 Å². The van der Waals surface area contributed by atoms with Crippen molar-refractivity contribution in [1.29, 1.82) is 0 Å². The fourth-order valence-electron chi connectivity index (χ4n) is 4.67. The molecule has 0 saturated heterocycles. The maximum absolute atomic E-state index is 14.0. The number of amides is 2. The minimum Gasteiger partial charge on any atom is -0.352 e. The predicted molar refractivity (Wildman–Crippen MR) is 167 cm³/mol. The van der Waals surface area contributed by atoms with Gasteiger partial charge in [-0.2, -0.15) is 0 Å². The van der Waals surface area contributed by atoms with E-state index in [4.69, 9.17) is 23.2 Å². The maximum Gasteiger partial charge on any atom is 0.264 e. The molecule has 0 unspecified atom stereocenters. The minimum absolute atomic E-state index is 0.0425. The van der Waals surface area contributed by atoms with Crippen LogP contribution in [-0.4, -0.2) is 43.8 Å². The first-order chi connectivity index (χ1) is 19.1. The summed E-state index contributed by atoms with van der Waals surface area (Å²) in [6.07, 6.45) is 3.89. The lowest BCUT2D eigenvalue weighted by Crippen LogP contribution is -2.52. The Hall–Kier alpha value is -2.34. The summed E-state index contributed by atoms with van der Waals surface area (Å²) >= 11 is 14.5. The van der Waals surface area contributed by atoms with Gasteiger partial charge in [0.1, 0.15) is 12.6 Å². The zero-order chi connectivity index (χ0) is 28.9. The predicted octanol–water partition coefficient (Wildman–Crippen LogP) is 6.27. The van der Waals surface area contributed by atoms with Crippen LogP contribution in [0.4, 0.5) is 5.69 Å². The molecule has 1 atom stereocenters. The average molecular weight is 714 g/mol. The number of hydrogen-bond acceptors (Lipinski definition) is 4. The standard InChI is InChI=1S/C29H30Cl2IN3O4S/c1-20(29(37)33-23-7-5-6-8-23)34(18-21-11-16-26(30)27(31)17-21)28(36)19-35(24-14-12-22(32)13-15-24)40(38,39)25-9-3-2-4-10-25/h2-4,9-17,20,23H,5-8,18-19H2,1H3,(H,33,37)/t20-/m1/s1. The molecular formula is C29H30Cl2IN3O4S. The molecule has 0 radical (unpaired) electrons. The van der Waals surface area contributed by atoms with Gasteiger partial charge in [0.05, 0.1) is 20.6 Å². The van der Waals surface area contributed by atoms with Gasteiger partial charge in [-0.1, -0.05) is 60.3 Å². The number of halogens is 3. The van der Waals surface area contributed by atoms with Crippen molar-refractivity contribution in [3.63, 3.8) is 0 Å². The van der Waals surface area contributed by atoms with E-state index in [0.717, 1.165) is 33.6 Å². The van der Waals surface area contributed by atoms with Crippen molar-refractivity contribution in [3.8, 4) is 0 Å². The van der Waals surface area contributed by atoms with E-state index < -0.39 is 28.5 Å². The van der Waals surface area contributed by atoms with Crippen LogP contribution in [0.3, 0.4) is 0 Å². The van der Waals surface area contributed by atoms with Gasteiger partial charge in [-0.15, -0.1) is 0 Å². The number of carbonyl (C=O) groups is 2. The van der Waals surface area contributed by atoms with Crippen LogP contribution in [0.25, 0.3) is 0 Å². The van der Waals surface area contributed by atoms with Crippen LogP contribution in [0.15, 0.2) is 77.7 Å². The van der Waals surface area contributed by atoms with Gasteiger partial charge in [-0.05, 0) is 96.5 Å². The van der Waals surface area contributed by atoms with E-state index in [1.807, 2.05) is 0 Å². The molecule has 1 N–H and O–H groups in total. The molecule has 3 aromatic carbocycles. The molecule has 1 fully saturated rings. The molecule has 0 aromatic heterocycles. The molecule has 4 rings (SSSR count). The average Bonchev–Trinajstić information content (AvgIpc) is 3.46. The number of hydrogen-bond donors (Lipinski definition) is 1. The van der Waals surface area contributed by atoms with Gasteiger partial charge in [-0.3, -0.25) is 13.9 Å². The van der Waals surface area contributed by atoms with E-state index in [0.29, 0.717) is 21.3 Å². The van der Waals surface area contributed by atoms with Crippen LogP contribution in [0.1, 0.15) is 38.2 Å². The SMILES string of the molecule is C[C@H](C(=O)NC1CCCC1)N(Cc1ccc(Cl)c(Cl)c1)C(=O)CN(c1ccc(I)cc1)S(=O)(=O)c1ccccc1. The number of sulfonamides is 1. The lowest BCUT2D eigenvalue weighted by molar-refractivity contribution is -0.139. The van der Waals surface area contributed by atoms with Gasteiger partial charge < -0.3 is 10.2 Å². The zero-order valence-corrected chi connectivity index (χ0v) is 26.4. The summed E-state index contributed by atoms with van der Waals surface area (Å²) in [7, 11) is -4.10. The zero-order valence-electron chi connectivity index (χ0n) is 21.9. The third-order valence-electron chi connectivity index (χ3n) is 6.93. The van der Waals surface area contributed by atoms with Crippen molar-refractivity contribution in [1.82, 2.24) is 10.2 Å². The summed E-state index contributed by atoms with van der Waals surface area (Å²) in [4.78, 5) is 28.7. The van der Waals surface area contributed by atoms with Gasteiger partial charge in [0.15, 0.2) is 0 Å². The van der Waals surface area contributed by atoms with E-state index in [1.54, 1.807) is 67.6 Å². The molecular weight excluding hydrogens is 684 g/mol. The molecule has 40 heavy (non-hydrogen) atoms. The second-order valence-corrected chi connectivity index (χ2v) is 13.7. The van der Waals surface area contributed by atoms with Crippen LogP contribution in [0, 0.1) is 3.57 Å². The lowest BCUT2D eigenvalue weighted by Gasteiger charge is -2.32. The topological polar surface area (TPSA) is 86.8 Å². The number of rotatable bonds is 10. The van der Waals surface area contributed by atoms with E-state index in [2.05, 4.69) is 27.9 Å². The minimum atomic E-state index is -4.10. The number of carbonyl (C=O) groups excluding carboxylic acids is 2. The summed E-state index contributed by atoms with van der Waals surface area (Å²) < 4.78 is 29.6. The summed E-state index contributed by atoms with van der Waals surface area (Å²) in [6.45, 7) is 1.20. The highest BCUT2D eigenvalue weighted by molar-refractivity contribution is 14.1. The summed E-state index contributed by atoms with van der Waals surface area (Å²) in [5.41, 5.74) is 1.00. The highest BCUT2D eigenvalue weighted by atomic mass is 127. The van der Waals surface area contributed by atoms with Crippen LogP contribution in [-0.2, 0) is 26.2 Å². The van der Waals surface area contributed by atoms with E-state index in [1.165, 1.54) is 17.0 Å². The van der Waals surface area contributed by atoms with Gasteiger partial charge in [0.2, 0.25) is 11.8 Å². The Morgan fingerprint density at radius 2 is 1.62 bits per heavy atom. The molecule has 0 spiro atoms. The number of benzene rings is 3. The molecule has 2 amide bonds. The first-order valence-corrected chi connectivity index (χ1v) is 16.2. The number of nitrogens with zero attached hydrogens (tertiary/aromatic N) is 2. The Morgan fingerprint density at radius 1 is 0.975 bits per heavy atom. The van der Waals surface area contributed by atoms with Crippen LogP contribution in [0.2, 0.25) is 10.0 Å². The van der Waals surface area contributed by atoms with Gasteiger partial charge in [-0.25, -0.2) is 8.42 Å². The highest BCUT2D eigenvalue weighted by Crippen LogP contribution is 2.27. The third-order valence-corrected chi connectivity index (χ3v) is 10.2.